The number of nitrogens with one attached hydrogen (secondary N) is 2. The zero-order chi connectivity index (χ0) is 31.0. The van der Waals surface area contributed by atoms with Crippen LogP contribution in [0.5, 0.6) is 17.2 Å². The van der Waals surface area contributed by atoms with Gasteiger partial charge in [0, 0.05) is 42.2 Å². The molecule has 2 heterocycles. The Bertz CT molecular complexity index is 1370. The minimum Gasteiger partial charge on any atom is -0.508 e. The first-order valence-electron chi connectivity index (χ1n) is 13.5. The third-order valence-corrected chi connectivity index (χ3v) is 6.58. The summed E-state index contributed by atoms with van der Waals surface area (Å²) in [5.41, 5.74) is 1.37. The second kappa shape index (κ2) is 14.1. The lowest BCUT2D eigenvalue weighted by molar-refractivity contribution is -0.145. The molecule has 0 spiro atoms. The average molecular weight is 586 g/mol. The summed E-state index contributed by atoms with van der Waals surface area (Å²) in [6.45, 7) is 8.12. The minimum atomic E-state index is -1.23. The number of fused-ring (bicyclic) bond motifs is 1. The van der Waals surface area contributed by atoms with E-state index in [4.69, 9.17) is 29.8 Å². The molecule has 42 heavy (non-hydrogen) atoms. The SMILES string of the molecule is CCc1nc(-c2ccc(OC)cc2)nn1CCC(C)(C)NCC(O)c1cc(O)cc2c1OCC(=O)N2.C[C@H](O)C(=O)O. The molecular formula is C29H39N5O8. The highest BCUT2D eigenvalue weighted by atomic mass is 16.5. The Hall–Kier alpha value is -4.20. The number of aromatic nitrogens is 3. The number of nitrogens with zero attached hydrogens (tertiary/aromatic N) is 3. The first kappa shape index (κ1) is 32.3. The van der Waals surface area contributed by atoms with Crippen molar-refractivity contribution in [3.8, 4) is 28.6 Å². The molecule has 228 valence electrons. The van der Waals surface area contributed by atoms with Gasteiger partial charge in [0.05, 0.1) is 18.9 Å². The molecule has 2 atom stereocenters. The van der Waals surface area contributed by atoms with Crippen molar-refractivity contribution < 1.29 is 39.5 Å². The van der Waals surface area contributed by atoms with Gasteiger partial charge in [-0.3, -0.25) is 4.79 Å². The number of rotatable bonds is 11. The van der Waals surface area contributed by atoms with E-state index in [1.54, 1.807) is 7.11 Å². The van der Waals surface area contributed by atoms with Gasteiger partial charge in [0.25, 0.3) is 5.91 Å². The molecule has 1 aliphatic rings. The van der Waals surface area contributed by atoms with Gasteiger partial charge < -0.3 is 40.5 Å². The summed E-state index contributed by atoms with van der Waals surface area (Å²) >= 11 is 0. The van der Waals surface area contributed by atoms with Crippen LogP contribution in [0.2, 0.25) is 0 Å². The Balaban J connectivity index is 0.000000730. The van der Waals surface area contributed by atoms with Crippen molar-refractivity contribution in [3.05, 3.63) is 47.8 Å². The molecule has 3 aromatic rings. The van der Waals surface area contributed by atoms with Crippen LogP contribution in [0.4, 0.5) is 5.69 Å². The van der Waals surface area contributed by atoms with Crippen LogP contribution in [0.3, 0.4) is 0 Å². The fourth-order valence-electron chi connectivity index (χ4n) is 4.10. The van der Waals surface area contributed by atoms with E-state index in [1.807, 2.05) is 28.9 Å². The number of aliphatic hydroxyl groups excluding tert-OH is 2. The van der Waals surface area contributed by atoms with Crippen LogP contribution >= 0.6 is 0 Å². The number of β-amino-alcohol motifs (C(OH)–C–C–N with tert-alkyl or cyclic N) is 1. The number of benzene rings is 2. The number of aliphatic carboxylic acids is 1. The second-order valence-corrected chi connectivity index (χ2v) is 10.5. The number of carbonyl (C=O) groups excluding carboxylic acids is 1. The lowest BCUT2D eigenvalue weighted by atomic mass is 9.99. The molecule has 1 unspecified atom stereocenters. The van der Waals surface area contributed by atoms with Gasteiger partial charge in [-0.25, -0.2) is 14.5 Å². The lowest BCUT2D eigenvalue weighted by Crippen LogP contribution is -2.42. The number of aliphatic hydroxyl groups is 2. The second-order valence-electron chi connectivity index (χ2n) is 10.5. The largest absolute Gasteiger partial charge is 0.508 e. The quantitative estimate of drug-likeness (QED) is 0.194. The number of hydrogen-bond acceptors (Lipinski definition) is 10. The Morgan fingerprint density at radius 2 is 1.90 bits per heavy atom. The molecule has 0 radical (unpaired) electrons. The molecule has 6 N–H and O–H groups in total. The first-order chi connectivity index (χ1) is 19.8. The van der Waals surface area contributed by atoms with Crippen molar-refractivity contribution in [1.29, 1.82) is 0 Å². The summed E-state index contributed by atoms with van der Waals surface area (Å²) in [7, 11) is 1.64. The van der Waals surface area contributed by atoms with E-state index in [-0.39, 0.29) is 30.3 Å². The molecule has 1 aromatic heterocycles. The van der Waals surface area contributed by atoms with Crippen LogP contribution in [0.1, 0.15) is 51.6 Å². The number of anilines is 1. The molecule has 4 rings (SSSR count). The third kappa shape index (κ3) is 8.65. The van der Waals surface area contributed by atoms with Crippen LogP contribution in [-0.2, 0) is 22.6 Å². The van der Waals surface area contributed by atoms with E-state index < -0.39 is 18.2 Å². The molecule has 0 saturated carbocycles. The van der Waals surface area contributed by atoms with E-state index in [0.29, 0.717) is 29.4 Å². The van der Waals surface area contributed by atoms with Gasteiger partial charge in [0.15, 0.2) is 12.4 Å². The van der Waals surface area contributed by atoms with Crippen LogP contribution in [0, 0.1) is 0 Å². The molecule has 1 amide bonds. The van der Waals surface area contributed by atoms with Crippen molar-refractivity contribution in [2.45, 2.75) is 64.8 Å². The topological polar surface area (TPSA) is 188 Å². The Kier molecular flexibility index (Phi) is 10.9. The first-order valence-corrected chi connectivity index (χ1v) is 13.5. The van der Waals surface area contributed by atoms with Crippen LogP contribution in [0.15, 0.2) is 36.4 Å². The van der Waals surface area contributed by atoms with Gasteiger partial charge >= 0.3 is 5.97 Å². The van der Waals surface area contributed by atoms with Crippen LogP contribution < -0.4 is 20.1 Å². The Labute approximate surface area is 244 Å². The lowest BCUT2D eigenvalue weighted by Gasteiger charge is -2.29. The third-order valence-electron chi connectivity index (χ3n) is 6.58. The summed E-state index contributed by atoms with van der Waals surface area (Å²) in [6, 6.07) is 10.5. The average Bonchev–Trinajstić information content (AvgIpc) is 3.38. The number of carboxylic acid groups (broad SMARTS) is 1. The maximum absolute atomic E-state index is 11.6. The highest BCUT2D eigenvalue weighted by Gasteiger charge is 2.26. The number of aromatic hydroxyl groups is 1. The van der Waals surface area contributed by atoms with Gasteiger partial charge in [0.1, 0.15) is 29.2 Å². The van der Waals surface area contributed by atoms with Crippen LogP contribution in [0.25, 0.3) is 11.4 Å². The molecule has 0 fully saturated rings. The maximum atomic E-state index is 11.6. The Morgan fingerprint density at radius 3 is 2.50 bits per heavy atom. The molecule has 0 saturated heterocycles. The van der Waals surface area contributed by atoms with Gasteiger partial charge in [-0.2, -0.15) is 5.10 Å². The van der Waals surface area contributed by atoms with Gasteiger partial charge in [-0.15, -0.1) is 0 Å². The zero-order valence-corrected chi connectivity index (χ0v) is 24.4. The summed E-state index contributed by atoms with van der Waals surface area (Å²) < 4.78 is 12.7. The summed E-state index contributed by atoms with van der Waals surface area (Å²) in [5.74, 6) is 1.20. The van der Waals surface area contributed by atoms with Crippen molar-refractivity contribution in [2.75, 3.05) is 25.6 Å². The van der Waals surface area contributed by atoms with E-state index >= 15 is 0 Å². The van der Waals surface area contributed by atoms with E-state index in [1.165, 1.54) is 19.1 Å². The van der Waals surface area contributed by atoms with Crippen molar-refractivity contribution in [1.82, 2.24) is 20.1 Å². The predicted molar refractivity (Wildman–Crippen MR) is 155 cm³/mol. The normalized spacial score (nSPS) is 14.0. The molecular weight excluding hydrogens is 546 g/mol. The number of phenols is 1. The fraction of sp³-hybridized carbons (Fsp3) is 0.448. The molecule has 1 aliphatic heterocycles. The van der Waals surface area contributed by atoms with Gasteiger partial charge in [-0.05, 0) is 57.5 Å². The summed E-state index contributed by atoms with van der Waals surface area (Å²) in [5, 5.41) is 47.5. The molecule has 0 bridgehead atoms. The molecule has 2 aromatic carbocycles. The Morgan fingerprint density at radius 1 is 1.24 bits per heavy atom. The van der Waals surface area contributed by atoms with Gasteiger partial charge in [-0.1, -0.05) is 6.92 Å². The maximum Gasteiger partial charge on any atom is 0.332 e. The number of methoxy groups -OCH3 is 1. The number of amides is 1. The smallest absolute Gasteiger partial charge is 0.332 e. The number of carbonyl (C=O) groups is 2. The zero-order valence-electron chi connectivity index (χ0n) is 24.4. The van der Waals surface area contributed by atoms with Crippen molar-refractivity contribution >= 4 is 17.6 Å². The number of aryl methyl sites for hydroxylation is 2. The van der Waals surface area contributed by atoms with Crippen molar-refractivity contribution in [2.24, 2.45) is 0 Å². The van der Waals surface area contributed by atoms with E-state index in [0.717, 1.165) is 30.0 Å². The number of phenolic OH excluding ortho intramolecular Hbond substituents is 1. The van der Waals surface area contributed by atoms with Crippen LogP contribution in [-0.4, -0.2) is 79.0 Å². The standard InChI is InChI=1S/C26H33N5O5.C3H6O3/c1-5-22-29-25(16-6-8-18(35-4)9-7-16)30-31(22)11-10-26(2,3)27-14-21(33)19-12-17(32)13-20-24(19)36-15-23(34)28-20;1-2(4)3(5)6/h6-9,12-13,21,27,32-33H,5,10-11,14-15H2,1-4H3,(H,28,34);2,4H,1H3,(H,5,6)/t;2-/m.0/s1. The van der Waals surface area contributed by atoms with Crippen molar-refractivity contribution in [3.63, 3.8) is 0 Å². The number of carboxylic acids is 1. The van der Waals surface area contributed by atoms with E-state index in [2.05, 4.69) is 31.4 Å². The summed E-state index contributed by atoms with van der Waals surface area (Å²) in [4.78, 5) is 25.8. The highest BCUT2D eigenvalue weighted by Crippen LogP contribution is 2.38. The van der Waals surface area contributed by atoms with E-state index in [9.17, 15) is 19.8 Å². The monoisotopic (exact) mass is 585 g/mol. The molecule has 13 heteroatoms. The molecule has 13 nitrogen and oxygen atoms in total. The summed E-state index contributed by atoms with van der Waals surface area (Å²) in [6.07, 6.45) is -0.679. The fourth-order valence-corrected chi connectivity index (χ4v) is 4.10. The predicted octanol–water partition coefficient (Wildman–Crippen LogP) is 2.50. The minimum absolute atomic E-state index is 0.0567. The van der Waals surface area contributed by atoms with Gasteiger partial charge in [0.2, 0.25) is 0 Å². The number of ether oxygens (including phenoxy) is 2. The highest BCUT2D eigenvalue weighted by molar-refractivity contribution is 5.96. The number of hydrogen-bond donors (Lipinski definition) is 6. The molecule has 0 aliphatic carbocycles.